The Bertz CT molecular complexity index is 732. The summed E-state index contributed by atoms with van der Waals surface area (Å²) in [6, 6.07) is 5.83. The number of hydrogen-bond acceptors (Lipinski definition) is 7. The summed E-state index contributed by atoms with van der Waals surface area (Å²) in [6.07, 6.45) is -2.62. The van der Waals surface area contributed by atoms with Crippen molar-refractivity contribution in [3.63, 3.8) is 0 Å². The smallest absolute Gasteiger partial charge is 0.200 e. The van der Waals surface area contributed by atoms with Gasteiger partial charge in [0.1, 0.15) is 12.2 Å². The Morgan fingerprint density at radius 2 is 1.04 bits per heavy atom. The number of ether oxygens (including phenoxy) is 3. The van der Waals surface area contributed by atoms with E-state index in [4.69, 9.17) is 14.2 Å². The van der Waals surface area contributed by atoms with Gasteiger partial charge in [-0.25, -0.2) is 0 Å². The van der Waals surface area contributed by atoms with Gasteiger partial charge in [-0.05, 0) is 47.9 Å². The van der Waals surface area contributed by atoms with Crippen molar-refractivity contribution in [2.45, 2.75) is 19.1 Å². The molecule has 0 radical (unpaired) electrons. The molecule has 0 aromatic heterocycles. The van der Waals surface area contributed by atoms with Gasteiger partial charge >= 0.3 is 0 Å². The zero-order valence-electron chi connectivity index (χ0n) is 14.5. The molecule has 7 nitrogen and oxygen atoms in total. The van der Waals surface area contributed by atoms with Gasteiger partial charge in [-0.3, -0.25) is 0 Å². The molecule has 2 unspecified atom stereocenters. The molecule has 0 spiro atoms. The Balaban J connectivity index is 2.44. The van der Waals surface area contributed by atoms with Crippen LogP contribution < -0.4 is 14.2 Å². The molecule has 0 amide bonds. The van der Waals surface area contributed by atoms with Crippen molar-refractivity contribution in [3.8, 4) is 28.7 Å². The lowest BCUT2D eigenvalue weighted by molar-refractivity contribution is 0.0168. The fraction of sp³-hybridized carbons (Fsp3) is 0.333. The fourth-order valence-corrected chi connectivity index (χ4v) is 2.55. The molecule has 0 aliphatic carbocycles. The van der Waals surface area contributed by atoms with Gasteiger partial charge in [-0.2, -0.15) is 0 Å². The third-order valence-corrected chi connectivity index (χ3v) is 3.99. The number of phenols is 2. The third-order valence-electron chi connectivity index (χ3n) is 3.99. The number of methoxy groups -OCH3 is 3. The van der Waals surface area contributed by atoms with E-state index in [0.717, 1.165) is 0 Å². The van der Waals surface area contributed by atoms with Gasteiger partial charge in [-0.1, -0.05) is 0 Å². The van der Waals surface area contributed by atoms with Crippen LogP contribution in [-0.2, 0) is 0 Å². The molecule has 2 aromatic carbocycles. The van der Waals surface area contributed by atoms with Crippen LogP contribution >= 0.6 is 0 Å². The van der Waals surface area contributed by atoms with Gasteiger partial charge in [0.15, 0.2) is 23.0 Å². The van der Waals surface area contributed by atoms with Gasteiger partial charge < -0.3 is 34.6 Å². The molecule has 0 bridgehead atoms. The van der Waals surface area contributed by atoms with Crippen molar-refractivity contribution in [2.24, 2.45) is 0 Å². The maximum absolute atomic E-state index is 10.6. The van der Waals surface area contributed by atoms with Crippen molar-refractivity contribution >= 4 is 0 Å². The third kappa shape index (κ3) is 3.57. The standard InChI is InChI=1S/C18H22O7/c1-9-5-10(6-12(23-2)15(9)19)16(20)17(21)11-7-13(24-3)18(22)14(8-11)25-4/h5-8,16-17,19-22H,1-4H3. The van der Waals surface area contributed by atoms with Crippen molar-refractivity contribution in [1.82, 2.24) is 0 Å². The summed E-state index contributed by atoms with van der Waals surface area (Å²) in [5.74, 6) is 0.195. The first kappa shape index (κ1) is 18.7. The van der Waals surface area contributed by atoms with Crippen molar-refractivity contribution in [1.29, 1.82) is 0 Å². The summed E-state index contributed by atoms with van der Waals surface area (Å²) in [4.78, 5) is 0. The first-order valence-electron chi connectivity index (χ1n) is 7.52. The Morgan fingerprint density at radius 3 is 1.44 bits per heavy atom. The molecule has 0 aliphatic rings. The van der Waals surface area contributed by atoms with E-state index in [1.807, 2.05) is 0 Å². The van der Waals surface area contributed by atoms with Crippen molar-refractivity contribution in [2.75, 3.05) is 21.3 Å². The molecular formula is C18H22O7. The molecule has 2 atom stereocenters. The second-order valence-electron chi connectivity index (χ2n) is 5.55. The number of aliphatic hydroxyl groups excluding tert-OH is 2. The first-order chi connectivity index (χ1) is 11.8. The highest BCUT2D eigenvalue weighted by Crippen LogP contribution is 2.42. The minimum absolute atomic E-state index is 0.0269. The average molecular weight is 350 g/mol. The molecule has 0 saturated heterocycles. The predicted octanol–water partition coefficient (Wildman–Crippen LogP) is 2.20. The lowest BCUT2D eigenvalue weighted by Crippen LogP contribution is -2.11. The molecule has 25 heavy (non-hydrogen) atoms. The number of aliphatic hydroxyl groups is 2. The largest absolute Gasteiger partial charge is 0.504 e. The minimum atomic E-state index is -1.32. The van der Waals surface area contributed by atoms with Gasteiger partial charge in [0, 0.05) is 0 Å². The summed E-state index contributed by atoms with van der Waals surface area (Å²) >= 11 is 0. The predicted molar refractivity (Wildman–Crippen MR) is 90.5 cm³/mol. The molecular weight excluding hydrogens is 328 g/mol. The summed E-state index contributed by atoms with van der Waals surface area (Å²) < 4.78 is 15.2. The highest BCUT2D eigenvalue weighted by atomic mass is 16.5. The lowest BCUT2D eigenvalue weighted by atomic mass is 9.96. The van der Waals surface area contributed by atoms with Crippen LogP contribution in [0.2, 0.25) is 0 Å². The molecule has 0 saturated carbocycles. The van der Waals surface area contributed by atoms with E-state index in [1.54, 1.807) is 13.0 Å². The second kappa shape index (κ2) is 7.50. The maximum atomic E-state index is 10.6. The van der Waals surface area contributed by atoms with E-state index in [2.05, 4.69) is 0 Å². The van der Waals surface area contributed by atoms with Gasteiger partial charge in [0.05, 0.1) is 21.3 Å². The second-order valence-corrected chi connectivity index (χ2v) is 5.55. The van der Waals surface area contributed by atoms with E-state index in [9.17, 15) is 20.4 Å². The number of phenolic OH excluding ortho intramolecular Hbond substituents is 2. The summed E-state index contributed by atoms with van der Waals surface area (Å²) in [5.41, 5.74) is 1.16. The highest BCUT2D eigenvalue weighted by Gasteiger charge is 2.25. The Morgan fingerprint density at radius 1 is 0.680 bits per heavy atom. The van der Waals surface area contributed by atoms with Crippen LogP contribution in [0.4, 0.5) is 0 Å². The number of hydrogen-bond donors (Lipinski definition) is 4. The Labute approximate surface area is 145 Å². The summed E-state index contributed by atoms with van der Waals surface area (Å²) in [6.45, 7) is 1.66. The van der Waals surface area contributed by atoms with Gasteiger partial charge in [-0.15, -0.1) is 0 Å². The first-order valence-corrected chi connectivity index (χ1v) is 7.52. The minimum Gasteiger partial charge on any atom is -0.504 e. The monoisotopic (exact) mass is 350 g/mol. The molecule has 4 N–H and O–H groups in total. The quantitative estimate of drug-likeness (QED) is 0.632. The Kier molecular flexibility index (Phi) is 5.61. The van der Waals surface area contributed by atoms with Crippen LogP contribution in [-0.4, -0.2) is 41.8 Å². The molecule has 2 rings (SSSR count). The summed E-state index contributed by atoms with van der Waals surface area (Å²) in [7, 11) is 4.14. The van der Waals surface area contributed by atoms with Crippen LogP contribution in [0, 0.1) is 6.92 Å². The topological polar surface area (TPSA) is 109 Å². The maximum Gasteiger partial charge on any atom is 0.200 e. The van der Waals surface area contributed by atoms with Crippen LogP contribution in [0.15, 0.2) is 24.3 Å². The van der Waals surface area contributed by atoms with E-state index >= 15 is 0 Å². The zero-order chi connectivity index (χ0) is 18.7. The molecule has 0 heterocycles. The Hall–Kier alpha value is -2.64. The van der Waals surface area contributed by atoms with Crippen molar-refractivity contribution < 1.29 is 34.6 Å². The lowest BCUT2D eigenvalue weighted by Gasteiger charge is -2.21. The van der Waals surface area contributed by atoms with Crippen LogP contribution in [0.5, 0.6) is 28.7 Å². The number of benzene rings is 2. The number of rotatable bonds is 6. The van der Waals surface area contributed by atoms with Gasteiger partial charge in [0.2, 0.25) is 5.75 Å². The SMILES string of the molecule is COc1cc(C(O)C(O)c2cc(OC)c(O)c(OC)c2)cc(C)c1O. The molecule has 2 aromatic rings. The molecule has 0 fully saturated rings. The number of aryl methyl sites for hydroxylation is 1. The van der Waals surface area contributed by atoms with E-state index < -0.39 is 12.2 Å². The van der Waals surface area contributed by atoms with Crippen LogP contribution in [0.25, 0.3) is 0 Å². The van der Waals surface area contributed by atoms with Gasteiger partial charge in [0.25, 0.3) is 0 Å². The summed E-state index contributed by atoms with van der Waals surface area (Å²) in [5, 5.41) is 40.9. The van der Waals surface area contributed by atoms with E-state index in [0.29, 0.717) is 16.7 Å². The molecule has 7 heteroatoms. The average Bonchev–Trinajstić information content (AvgIpc) is 2.62. The van der Waals surface area contributed by atoms with E-state index in [-0.39, 0.29) is 28.7 Å². The van der Waals surface area contributed by atoms with Crippen LogP contribution in [0.3, 0.4) is 0 Å². The number of aromatic hydroxyl groups is 2. The van der Waals surface area contributed by atoms with Crippen LogP contribution in [0.1, 0.15) is 28.9 Å². The molecule has 0 aliphatic heterocycles. The molecule has 136 valence electrons. The van der Waals surface area contributed by atoms with E-state index in [1.165, 1.54) is 39.5 Å². The fourth-order valence-electron chi connectivity index (χ4n) is 2.55. The highest BCUT2D eigenvalue weighted by molar-refractivity contribution is 5.54. The zero-order valence-corrected chi connectivity index (χ0v) is 14.5. The van der Waals surface area contributed by atoms with Crippen molar-refractivity contribution in [3.05, 3.63) is 41.0 Å². The normalized spacial score (nSPS) is 13.2.